The van der Waals surface area contributed by atoms with E-state index in [0.29, 0.717) is 19.8 Å². The molecule has 0 saturated carbocycles. The van der Waals surface area contributed by atoms with Gasteiger partial charge in [-0.05, 0) is 23.0 Å². The van der Waals surface area contributed by atoms with Gasteiger partial charge in [-0.15, -0.1) is 11.8 Å². The summed E-state index contributed by atoms with van der Waals surface area (Å²) in [6.45, 7) is 5.86. The smallest absolute Gasteiger partial charge is 0.104 e. The molecule has 0 amide bonds. The Kier molecular flexibility index (Phi) is 20.8. The number of methoxy groups -OCH3 is 1. The maximum atomic E-state index is 5.90. The third-order valence-corrected chi connectivity index (χ3v) is 8.16. The Bertz CT molecular complexity index is 681. The van der Waals surface area contributed by atoms with Crippen molar-refractivity contribution in [2.75, 3.05) is 32.8 Å². The number of nitrogens with zero attached hydrogens (tertiary/aromatic N) is 1. The summed E-state index contributed by atoms with van der Waals surface area (Å²) in [5, 5.41) is 2.15. The minimum Gasteiger partial charge on any atom is -0.379 e. The number of hydrogen-bond acceptors (Lipinski definition) is 5. The predicted octanol–water partition coefficient (Wildman–Crippen LogP) is 9.47. The third kappa shape index (κ3) is 17.6. The summed E-state index contributed by atoms with van der Waals surface area (Å²) >= 11 is 1.84. The first-order valence-corrected chi connectivity index (χ1v) is 16.6. The summed E-state index contributed by atoms with van der Waals surface area (Å²) in [7, 11) is 1.74. The van der Waals surface area contributed by atoms with Crippen molar-refractivity contribution in [1.29, 1.82) is 0 Å². The van der Waals surface area contributed by atoms with Gasteiger partial charge >= 0.3 is 0 Å². The van der Waals surface area contributed by atoms with Gasteiger partial charge in [0.05, 0.1) is 25.7 Å². The molecular formula is C33H57NO3S. The van der Waals surface area contributed by atoms with E-state index in [9.17, 15) is 0 Å². The summed E-state index contributed by atoms with van der Waals surface area (Å²) in [5.74, 6) is 1.05. The second kappa shape index (κ2) is 23.8. The van der Waals surface area contributed by atoms with Crippen LogP contribution < -0.4 is 0 Å². The Morgan fingerprint density at radius 2 is 1.24 bits per heavy atom. The molecule has 0 N–H and O–H groups in total. The van der Waals surface area contributed by atoms with E-state index in [1.165, 1.54) is 107 Å². The molecule has 1 aliphatic heterocycles. The summed E-state index contributed by atoms with van der Waals surface area (Å²) in [6.07, 6.45) is 24.5. The van der Waals surface area contributed by atoms with Crippen LogP contribution in [-0.2, 0) is 27.4 Å². The first kappa shape index (κ1) is 33.2. The Morgan fingerprint density at radius 3 is 1.76 bits per heavy atom. The molecule has 1 aliphatic rings. The van der Waals surface area contributed by atoms with Crippen LogP contribution in [0.2, 0.25) is 0 Å². The van der Waals surface area contributed by atoms with Crippen LogP contribution in [0.5, 0.6) is 0 Å². The molecule has 0 spiro atoms. The Labute approximate surface area is 239 Å². The number of ether oxygens (including phenoxy) is 3. The molecule has 1 aromatic rings. The monoisotopic (exact) mass is 547 g/mol. The second-order valence-corrected chi connectivity index (χ2v) is 11.8. The maximum absolute atomic E-state index is 5.90. The van der Waals surface area contributed by atoms with E-state index in [1.54, 1.807) is 7.11 Å². The molecule has 218 valence electrons. The number of rotatable bonds is 26. The van der Waals surface area contributed by atoms with E-state index < -0.39 is 0 Å². The Balaban J connectivity index is 1.33. The van der Waals surface area contributed by atoms with E-state index in [2.05, 4.69) is 47.7 Å². The molecule has 5 heteroatoms. The zero-order chi connectivity index (χ0) is 26.9. The topological polar surface area (TPSA) is 30.9 Å². The normalized spacial score (nSPS) is 14.0. The van der Waals surface area contributed by atoms with E-state index in [0.717, 1.165) is 25.4 Å². The van der Waals surface area contributed by atoms with Gasteiger partial charge < -0.3 is 19.1 Å². The molecule has 1 atom stereocenters. The number of hydrogen-bond donors (Lipinski definition) is 0. The SMILES string of the molecule is CCCCCCCCCCCCCCCCCCOCC(COCc1ccc(CN2C=CSC2)cc1)OC. The minimum absolute atomic E-state index is 0.00483. The molecule has 1 unspecified atom stereocenters. The Hall–Kier alpha value is -1.01. The van der Waals surface area contributed by atoms with Crippen LogP contribution in [0.1, 0.15) is 121 Å². The molecule has 1 aromatic carbocycles. The standard InChI is InChI=1S/C33H57NO3S/c1-3-4-5-6-7-8-9-10-11-12-13-14-15-16-17-18-24-36-28-33(35-2)29-37-27-32-21-19-31(20-22-32)26-34-23-25-38-30-34/h19-23,25,33H,3-18,24,26-30H2,1-2H3. The second-order valence-electron chi connectivity index (χ2n) is 10.9. The molecule has 0 radical (unpaired) electrons. The highest BCUT2D eigenvalue weighted by molar-refractivity contribution is 8.02. The van der Waals surface area contributed by atoms with Gasteiger partial charge in [-0.2, -0.15) is 0 Å². The summed E-state index contributed by atoms with van der Waals surface area (Å²) in [4.78, 5) is 2.32. The van der Waals surface area contributed by atoms with Crippen LogP contribution in [0.25, 0.3) is 0 Å². The van der Waals surface area contributed by atoms with E-state index >= 15 is 0 Å². The van der Waals surface area contributed by atoms with Crippen molar-refractivity contribution in [3.05, 3.63) is 47.0 Å². The van der Waals surface area contributed by atoms with Crippen molar-refractivity contribution in [1.82, 2.24) is 4.90 Å². The largest absolute Gasteiger partial charge is 0.379 e. The first-order chi connectivity index (χ1) is 18.8. The quantitative estimate of drug-likeness (QED) is 0.108. The summed E-state index contributed by atoms with van der Waals surface area (Å²) in [5.41, 5.74) is 2.53. The van der Waals surface area contributed by atoms with Crippen molar-refractivity contribution in [2.24, 2.45) is 0 Å². The molecule has 0 fully saturated rings. The highest BCUT2D eigenvalue weighted by Crippen LogP contribution is 2.18. The lowest BCUT2D eigenvalue weighted by molar-refractivity contribution is -0.0451. The molecule has 0 aliphatic carbocycles. The van der Waals surface area contributed by atoms with Crippen LogP contribution in [-0.4, -0.2) is 43.8 Å². The molecule has 4 nitrogen and oxygen atoms in total. The number of unbranched alkanes of at least 4 members (excludes halogenated alkanes) is 15. The third-order valence-electron chi connectivity index (χ3n) is 7.37. The predicted molar refractivity (Wildman–Crippen MR) is 164 cm³/mol. The highest BCUT2D eigenvalue weighted by atomic mass is 32.2. The van der Waals surface area contributed by atoms with Crippen LogP contribution in [0.4, 0.5) is 0 Å². The van der Waals surface area contributed by atoms with E-state index in [-0.39, 0.29) is 6.10 Å². The first-order valence-electron chi connectivity index (χ1n) is 15.6. The fourth-order valence-electron chi connectivity index (χ4n) is 4.84. The molecule has 0 aromatic heterocycles. The molecular weight excluding hydrogens is 490 g/mol. The van der Waals surface area contributed by atoms with E-state index in [1.807, 2.05) is 11.8 Å². The van der Waals surface area contributed by atoms with Gasteiger partial charge in [-0.1, -0.05) is 128 Å². The zero-order valence-electron chi connectivity index (χ0n) is 24.7. The minimum atomic E-state index is -0.00483. The van der Waals surface area contributed by atoms with Gasteiger partial charge in [0.2, 0.25) is 0 Å². The lowest BCUT2D eigenvalue weighted by atomic mass is 10.0. The van der Waals surface area contributed by atoms with Crippen LogP contribution in [0.15, 0.2) is 35.9 Å². The van der Waals surface area contributed by atoms with Crippen molar-refractivity contribution < 1.29 is 14.2 Å². The molecule has 0 saturated heterocycles. The number of benzene rings is 1. The van der Waals surface area contributed by atoms with Crippen molar-refractivity contribution >= 4 is 11.8 Å². The average molecular weight is 548 g/mol. The van der Waals surface area contributed by atoms with Crippen LogP contribution >= 0.6 is 11.8 Å². The molecule has 1 heterocycles. The fourth-order valence-corrected chi connectivity index (χ4v) is 5.56. The lowest BCUT2D eigenvalue weighted by Crippen LogP contribution is -2.24. The van der Waals surface area contributed by atoms with Gasteiger partial charge in [0.1, 0.15) is 6.10 Å². The molecule has 0 bridgehead atoms. The maximum Gasteiger partial charge on any atom is 0.104 e. The summed E-state index contributed by atoms with van der Waals surface area (Å²) in [6, 6.07) is 8.73. The van der Waals surface area contributed by atoms with Gasteiger partial charge in [0.15, 0.2) is 0 Å². The lowest BCUT2D eigenvalue weighted by Gasteiger charge is -2.16. The number of thioether (sulfide) groups is 1. The van der Waals surface area contributed by atoms with Crippen molar-refractivity contribution in [3.8, 4) is 0 Å². The van der Waals surface area contributed by atoms with Crippen LogP contribution in [0, 0.1) is 0 Å². The highest BCUT2D eigenvalue weighted by Gasteiger charge is 2.09. The molecule has 38 heavy (non-hydrogen) atoms. The van der Waals surface area contributed by atoms with Gasteiger partial charge in [0, 0.05) is 26.5 Å². The van der Waals surface area contributed by atoms with Crippen molar-refractivity contribution in [3.63, 3.8) is 0 Å². The van der Waals surface area contributed by atoms with Crippen LogP contribution in [0.3, 0.4) is 0 Å². The van der Waals surface area contributed by atoms with Gasteiger partial charge in [-0.25, -0.2) is 0 Å². The fraction of sp³-hybridized carbons (Fsp3) is 0.758. The zero-order valence-corrected chi connectivity index (χ0v) is 25.5. The molecule has 2 rings (SSSR count). The van der Waals surface area contributed by atoms with Gasteiger partial charge in [-0.3, -0.25) is 0 Å². The summed E-state index contributed by atoms with van der Waals surface area (Å²) < 4.78 is 17.3. The van der Waals surface area contributed by atoms with Gasteiger partial charge in [0.25, 0.3) is 0 Å². The Morgan fingerprint density at radius 1 is 0.711 bits per heavy atom. The van der Waals surface area contributed by atoms with E-state index in [4.69, 9.17) is 14.2 Å². The van der Waals surface area contributed by atoms with Crippen molar-refractivity contribution in [2.45, 2.75) is 129 Å². The average Bonchev–Trinajstić information content (AvgIpc) is 3.45.